The Kier molecular flexibility index (Phi) is 11.2. The number of aryl methyl sites for hydroxylation is 2. The second-order valence-electron chi connectivity index (χ2n) is 17.8. The second kappa shape index (κ2) is 17.8. The molecule has 0 aliphatic rings. The molecule has 0 aliphatic carbocycles. The Morgan fingerprint density at radius 3 is 2.05 bits per heavy atom. The number of fused-ring (bicyclic) bond motifs is 1. The summed E-state index contributed by atoms with van der Waals surface area (Å²) >= 11 is 0. The normalized spacial score (nSPS) is 12.5. The third kappa shape index (κ3) is 8.83. The summed E-state index contributed by atoms with van der Waals surface area (Å²) in [5, 5.41) is 12.3. The molecule has 0 amide bonds. The maximum absolute atomic E-state index is 12.3. The predicted octanol–water partition coefficient (Wildman–Crippen LogP) is 15.0. The van der Waals surface area contributed by atoms with E-state index in [0.29, 0.717) is 22.9 Å². The van der Waals surface area contributed by atoms with E-state index < -0.39 is 6.85 Å². The van der Waals surface area contributed by atoms with E-state index in [0.717, 1.165) is 90.0 Å². The number of para-hydroxylation sites is 1. The van der Waals surface area contributed by atoms with E-state index in [1.807, 2.05) is 54.6 Å². The molecule has 63 heavy (non-hydrogen) atoms. The summed E-state index contributed by atoms with van der Waals surface area (Å²) < 4.78 is 25.8. The molecule has 7 aromatic carbocycles. The van der Waals surface area contributed by atoms with Crippen molar-refractivity contribution in [1.29, 1.82) is 0 Å². The van der Waals surface area contributed by atoms with E-state index in [4.69, 9.17) is 14.1 Å². The van der Waals surface area contributed by atoms with Crippen LogP contribution in [0.15, 0.2) is 164 Å². The SMILES string of the molecule is [2H]C([2H])([2H])c1ccc(-c2ccnc(-c3[c-]c(-c4cccc5c4nc(-c4cc(C)cc(C(C)(C)C)c4O)n5-c4ccc(CC(C)C)cc4-c4ccccc4)cc(-c4ccccc4)c3)c2)cc1.[Pt]. The van der Waals surface area contributed by atoms with Crippen LogP contribution in [0.5, 0.6) is 5.75 Å². The van der Waals surface area contributed by atoms with Crippen LogP contribution in [-0.4, -0.2) is 19.6 Å². The number of phenols is 1. The summed E-state index contributed by atoms with van der Waals surface area (Å²) in [6.07, 6.45) is 2.73. The van der Waals surface area contributed by atoms with E-state index in [2.05, 4.69) is 143 Å². The quantitative estimate of drug-likeness (QED) is 0.147. The van der Waals surface area contributed by atoms with E-state index in [-0.39, 0.29) is 32.2 Å². The van der Waals surface area contributed by atoms with Gasteiger partial charge in [0, 0.05) is 48.2 Å². The number of rotatable bonds is 9. The van der Waals surface area contributed by atoms with Gasteiger partial charge in [0.2, 0.25) is 0 Å². The van der Waals surface area contributed by atoms with Gasteiger partial charge < -0.3 is 5.11 Å². The Morgan fingerprint density at radius 1 is 0.651 bits per heavy atom. The van der Waals surface area contributed by atoms with Crippen LogP contribution in [-0.2, 0) is 32.9 Å². The van der Waals surface area contributed by atoms with E-state index in [1.165, 1.54) is 5.56 Å². The maximum Gasteiger partial charge on any atom is 0.148 e. The molecular weight excluding hydrogens is 950 g/mol. The molecule has 4 nitrogen and oxygen atoms in total. The second-order valence-corrected chi connectivity index (χ2v) is 17.8. The van der Waals surface area contributed by atoms with Crippen molar-refractivity contribution in [3.8, 4) is 78.6 Å². The number of aromatic nitrogens is 3. The third-order valence-corrected chi connectivity index (χ3v) is 11.5. The largest absolute Gasteiger partial charge is 0.507 e. The first-order valence-electron chi connectivity index (χ1n) is 22.9. The van der Waals surface area contributed by atoms with Gasteiger partial charge >= 0.3 is 0 Å². The molecular formula is C58H52N3OPt-. The minimum absolute atomic E-state index is 0. The average molecular weight is 1010 g/mol. The number of benzene rings is 7. The minimum Gasteiger partial charge on any atom is -0.507 e. The zero-order chi connectivity index (χ0) is 45.6. The van der Waals surface area contributed by atoms with Gasteiger partial charge in [0.25, 0.3) is 0 Å². The zero-order valence-corrected chi connectivity index (χ0v) is 38.8. The third-order valence-electron chi connectivity index (χ3n) is 11.5. The van der Waals surface area contributed by atoms with Crippen LogP contribution in [0.4, 0.5) is 0 Å². The summed E-state index contributed by atoms with van der Waals surface area (Å²) in [6.45, 7) is 10.8. The number of nitrogens with zero attached hydrogens (tertiary/aromatic N) is 3. The van der Waals surface area contributed by atoms with Crippen LogP contribution in [0.25, 0.3) is 83.9 Å². The first-order valence-corrected chi connectivity index (χ1v) is 21.4. The summed E-state index contributed by atoms with van der Waals surface area (Å²) in [7, 11) is 0. The maximum atomic E-state index is 12.3. The van der Waals surface area contributed by atoms with Crippen molar-refractivity contribution >= 4 is 11.0 Å². The fourth-order valence-corrected chi connectivity index (χ4v) is 8.56. The van der Waals surface area contributed by atoms with Gasteiger partial charge in [-0.05, 0) is 95.2 Å². The Labute approximate surface area is 390 Å². The number of imidazole rings is 1. The van der Waals surface area contributed by atoms with Gasteiger partial charge in [0.1, 0.15) is 11.6 Å². The van der Waals surface area contributed by atoms with E-state index in [1.54, 1.807) is 18.3 Å². The van der Waals surface area contributed by atoms with Crippen LogP contribution < -0.4 is 0 Å². The van der Waals surface area contributed by atoms with Gasteiger partial charge in [-0.2, -0.15) is 0 Å². The molecule has 9 rings (SSSR count). The molecule has 2 heterocycles. The van der Waals surface area contributed by atoms with Gasteiger partial charge in [0.15, 0.2) is 0 Å². The molecule has 0 saturated heterocycles. The molecule has 0 atom stereocenters. The molecule has 0 bridgehead atoms. The van der Waals surface area contributed by atoms with Crippen molar-refractivity contribution in [2.45, 2.75) is 60.2 Å². The van der Waals surface area contributed by atoms with Gasteiger partial charge in [-0.3, -0.25) is 9.55 Å². The molecule has 0 fully saturated rings. The summed E-state index contributed by atoms with van der Waals surface area (Å²) in [5.41, 5.74) is 15.7. The predicted molar refractivity (Wildman–Crippen MR) is 259 cm³/mol. The van der Waals surface area contributed by atoms with Crippen molar-refractivity contribution in [3.05, 3.63) is 192 Å². The van der Waals surface area contributed by atoms with Gasteiger partial charge in [-0.25, -0.2) is 4.98 Å². The van der Waals surface area contributed by atoms with Gasteiger partial charge in [-0.1, -0.05) is 172 Å². The summed E-state index contributed by atoms with van der Waals surface area (Å²) in [4.78, 5) is 10.4. The Balaban J connectivity index is 0.00000592. The van der Waals surface area contributed by atoms with E-state index in [9.17, 15) is 5.11 Å². The summed E-state index contributed by atoms with van der Waals surface area (Å²) in [6, 6.07) is 57.1. The number of aromatic hydroxyl groups is 1. The van der Waals surface area contributed by atoms with Gasteiger partial charge in [0.05, 0.1) is 22.3 Å². The molecule has 0 spiro atoms. The number of phenolic OH excluding ortho intramolecular Hbond substituents is 1. The van der Waals surface area contributed by atoms with E-state index >= 15 is 0 Å². The topological polar surface area (TPSA) is 50.9 Å². The number of hydrogen-bond acceptors (Lipinski definition) is 3. The molecule has 316 valence electrons. The smallest absolute Gasteiger partial charge is 0.148 e. The van der Waals surface area contributed by atoms with Crippen molar-refractivity contribution in [3.63, 3.8) is 0 Å². The molecule has 9 aromatic rings. The molecule has 2 aromatic heterocycles. The molecule has 0 aliphatic heterocycles. The first-order chi connectivity index (χ1) is 31.1. The number of hydrogen-bond donors (Lipinski definition) is 1. The Hall–Kier alpha value is -6.35. The number of pyridine rings is 1. The van der Waals surface area contributed by atoms with Crippen LogP contribution in [0.1, 0.15) is 61.0 Å². The molecule has 0 saturated carbocycles. The van der Waals surface area contributed by atoms with Crippen LogP contribution in [0.3, 0.4) is 0 Å². The first kappa shape index (κ1) is 39.5. The molecule has 0 radical (unpaired) electrons. The fraction of sp³-hybridized carbons (Fsp3) is 0.172. The average Bonchev–Trinajstić information content (AvgIpc) is 3.69. The Morgan fingerprint density at radius 2 is 1.35 bits per heavy atom. The van der Waals surface area contributed by atoms with Crippen molar-refractivity contribution in [2.24, 2.45) is 5.92 Å². The van der Waals surface area contributed by atoms with Crippen LogP contribution in [0.2, 0.25) is 0 Å². The molecule has 0 unspecified atom stereocenters. The molecule has 5 heteroatoms. The zero-order valence-electron chi connectivity index (χ0n) is 39.5. The minimum atomic E-state index is -2.18. The van der Waals surface area contributed by atoms with Gasteiger partial charge in [-0.15, -0.1) is 23.8 Å². The van der Waals surface area contributed by atoms with Crippen LogP contribution >= 0.6 is 0 Å². The standard InChI is InChI=1S/C58H52N3O.Pt/c1-37(2)29-40-23-26-53(49(32-40)43-17-12-9-13-18-43)61-54-20-14-19-48(55(54)60-57(61)50-30-39(4)31-51(56(50)62)58(5,6)7)46-33-45(41-15-10-8-11-16-41)34-47(35-46)52-36-44(27-28-59-52)42-24-21-38(3)22-25-42;/h8-28,30-34,36-37,62H,29H2,1-7H3;/q-1;/i3D3;. The fourth-order valence-electron chi connectivity index (χ4n) is 8.56. The summed E-state index contributed by atoms with van der Waals surface area (Å²) in [5.74, 6) is 1.35. The van der Waals surface area contributed by atoms with Crippen LogP contribution in [0, 0.1) is 25.8 Å². The molecule has 1 N–H and O–H groups in total. The monoisotopic (exact) mass is 1000 g/mol. The van der Waals surface area contributed by atoms with Crippen molar-refractivity contribution in [2.75, 3.05) is 0 Å². The van der Waals surface area contributed by atoms with Crippen molar-refractivity contribution < 1.29 is 30.3 Å². The van der Waals surface area contributed by atoms with Crippen molar-refractivity contribution in [1.82, 2.24) is 14.5 Å². The Bertz CT molecular complexity index is 3190.